The number of thioether (sulfide) groups is 1. The lowest BCUT2D eigenvalue weighted by atomic mass is 10.3. The minimum Gasteiger partial charge on any atom is -0.507 e. The number of carbonyl (C=O) groups is 2. The molecule has 0 saturated carbocycles. The van der Waals surface area contributed by atoms with E-state index < -0.39 is 12.0 Å². The summed E-state index contributed by atoms with van der Waals surface area (Å²) < 4.78 is 5.01. The van der Waals surface area contributed by atoms with Crippen molar-refractivity contribution in [2.45, 2.75) is 33.6 Å². The van der Waals surface area contributed by atoms with E-state index in [1.54, 1.807) is 0 Å². The summed E-state index contributed by atoms with van der Waals surface area (Å²) in [4.78, 5) is 27.2. The van der Waals surface area contributed by atoms with Crippen molar-refractivity contribution < 1.29 is 24.5 Å². The molecule has 0 bridgehead atoms. The molecule has 0 aliphatic rings. The van der Waals surface area contributed by atoms with Crippen LogP contribution in [0.25, 0.3) is 0 Å². The molecule has 13 heteroatoms. The Morgan fingerprint density at radius 2 is 1.87 bits per heavy atom. The Kier molecular flexibility index (Phi) is 8.58. The summed E-state index contributed by atoms with van der Waals surface area (Å²) in [6, 6.07) is 2.10. The predicted octanol–water partition coefficient (Wildman–Crippen LogP) is 2.55. The van der Waals surface area contributed by atoms with E-state index in [9.17, 15) is 19.8 Å². The average Bonchev–Trinajstić information content (AvgIpc) is 3.14. The van der Waals surface area contributed by atoms with E-state index in [2.05, 4.69) is 14.9 Å². The first-order valence-corrected chi connectivity index (χ1v) is 11.3. The molecule has 2 amide bonds. The second-order valence-electron chi connectivity index (χ2n) is 6.17. The van der Waals surface area contributed by atoms with Crippen LogP contribution in [0.1, 0.15) is 13.3 Å². The molecule has 4 N–H and O–H groups in total. The van der Waals surface area contributed by atoms with E-state index in [0.717, 1.165) is 34.9 Å². The monoisotopic (exact) mass is 473 g/mol. The highest BCUT2D eigenvalue weighted by atomic mass is 32.2. The molecule has 2 aromatic rings. The Labute approximate surface area is 186 Å². The van der Waals surface area contributed by atoms with Crippen LogP contribution in [-0.4, -0.2) is 70.4 Å². The largest absolute Gasteiger partial charge is 0.507 e. The molecule has 2 rings (SSSR count). The summed E-state index contributed by atoms with van der Waals surface area (Å²) in [5.41, 5.74) is 5.55. The number of primary amides is 1. The van der Waals surface area contributed by atoms with Crippen LogP contribution in [0.2, 0.25) is 0 Å². The van der Waals surface area contributed by atoms with Crippen LogP contribution in [0.3, 0.4) is 0 Å². The number of aromatic hydroxyl groups is 2. The molecule has 0 aliphatic carbocycles. The first kappa shape index (κ1) is 24.1. The number of methoxy groups -OCH3 is 1. The van der Waals surface area contributed by atoms with Crippen molar-refractivity contribution in [1.82, 2.24) is 15.1 Å². The minimum absolute atomic E-state index is 0.00315. The number of urea groups is 1. The molecule has 30 heavy (non-hydrogen) atoms. The first-order chi connectivity index (χ1) is 14.2. The van der Waals surface area contributed by atoms with Gasteiger partial charge in [0.15, 0.2) is 4.34 Å². The highest BCUT2D eigenvalue weighted by Crippen LogP contribution is 2.43. The van der Waals surface area contributed by atoms with Crippen LogP contribution in [-0.2, 0) is 9.53 Å². The van der Waals surface area contributed by atoms with Gasteiger partial charge in [-0.1, -0.05) is 30.0 Å². The highest BCUT2D eigenvalue weighted by molar-refractivity contribution is 8.01. The maximum atomic E-state index is 12.0. The van der Waals surface area contributed by atoms with Gasteiger partial charge < -0.3 is 20.7 Å². The summed E-state index contributed by atoms with van der Waals surface area (Å²) in [5, 5.41) is 29.0. The van der Waals surface area contributed by atoms with E-state index in [1.807, 2.05) is 25.9 Å². The van der Waals surface area contributed by atoms with E-state index in [-0.39, 0.29) is 23.4 Å². The molecule has 0 spiro atoms. The molecule has 1 aromatic carbocycles. The Balaban J connectivity index is 2.21. The maximum Gasteiger partial charge on any atom is 0.322 e. The molecule has 10 nitrogen and oxygen atoms in total. The molecule has 164 valence electrons. The number of anilines is 1. The number of phenolic OH excluding ortho intramolecular Hbond substituents is 2. The lowest BCUT2D eigenvalue weighted by Crippen LogP contribution is -2.50. The number of carbonyl (C=O) groups excluding carboxylic acids is 2. The van der Waals surface area contributed by atoms with E-state index in [1.165, 1.54) is 24.1 Å². The average molecular weight is 474 g/mol. The van der Waals surface area contributed by atoms with Gasteiger partial charge in [-0.15, -0.1) is 22.0 Å². The van der Waals surface area contributed by atoms with Crippen LogP contribution in [0.4, 0.5) is 9.93 Å². The molecule has 1 heterocycles. The van der Waals surface area contributed by atoms with Crippen molar-refractivity contribution in [1.29, 1.82) is 0 Å². The van der Waals surface area contributed by atoms with Crippen molar-refractivity contribution in [3.8, 4) is 11.5 Å². The van der Waals surface area contributed by atoms with Gasteiger partial charge in [-0.2, -0.15) is 0 Å². The van der Waals surface area contributed by atoms with Gasteiger partial charge in [0.25, 0.3) is 0 Å². The zero-order valence-electron chi connectivity index (χ0n) is 16.9. The molecule has 0 fully saturated rings. The summed E-state index contributed by atoms with van der Waals surface area (Å²) in [7, 11) is 4.94. The smallest absolute Gasteiger partial charge is 0.322 e. The zero-order chi connectivity index (χ0) is 22.4. The number of hydrogen-bond acceptors (Lipinski definition) is 11. The Bertz CT molecular complexity index is 908. The van der Waals surface area contributed by atoms with Crippen molar-refractivity contribution >= 4 is 52.0 Å². The number of esters is 1. The van der Waals surface area contributed by atoms with Crippen molar-refractivity contribution in [3.63, 3.8) is 0 Å². The number of ether oxygens (including phenoxy) is 1. The number of phenols is 2. The molecular weight excluding hydrogens is 450 g/mol. The van der Waals surface area contributed by atoms with Gasteiger partial charge in [-0.05, 0) is 32.6 Å². The van der Waals surface area contributed by atoms with Crippen LogP contribution >= 0.6 is 34.9 Å². The minimum atomic E-state index is -0.643. The van der Waals surface area contributed by atoms with Gasteiger partial charge >= 0.3 is 12.0 Å². The number of benzene rings is 1. The number of hydrogen-bond donors (Lipinski definition) is 3. The lowest BCUT2D eigenvalue weighted by molar-refractivity contribution is -0.137. The Hall–Kier alpha value is -2.22. The summed E-state index contributed by atoms with van der Waals surface area (Å²) in [6.45, 7) is 1.93. The summed E-state index contributed by atoms with van der Waals surface area (Å²) in [6.07, 6.45) is 0.356. The third-order valence-corrected chi connectivity index (χ3v) is 6.95. The van der Waals surface area contributed by atoms with Gasteiger partial charge in [0.2, 0.25) is 5.13 Å². The predicted molar refractivity (Wildman–Crippen MR) is 116 cm³/mol. The molecule has 0 saturated heterocycles. The SMILES string of the molecule is CCC(N(C)C)N(C(N)=O)c1nnc(Sc2cc(O)c(SCC(=O)OC)cc2O)s1. The van der Waals surface area contributed by atoms with Gasteiger partial charge in [0, 0.05) is 0 Å². The zero-order valence-corrected chi connectivity index (χ0v) is 19.3. The van der Waals surface area contributed by atoms with Crippen LogP contribution < -0.4 is 10.6 Å². The topological polar surface area (TPSA) is 142 Å². The molecule has 1 aromatic heterocycles. The summed E-state index contributed by atoms with van der Waals surface area (Å²) >= 11 is 3.27. The highest BCUT2D eigenvalue weighted by Gasteiger charge is 2.27. The van der Waals surface area contributed by atoms with E-state index >= 15 is 0 Å². The van der Waals surface area contributed by atoms with Crippen LogP contribution in [0.5, 0.6) is 11.5 Å². The molecule has 0 aliphatic heterocycles. The number of nitrogens with zero attached hydrogens (tertiary/aromatic N) is 4. The summed E-state index contributed by atoms with van der Waals surface area (Å²) in [5.74, 6) is -0.621. The number of rotatable bonds is 9. The second-order valence-corrected chi connectivity index (χ2v) is 9.43. The maximum absolute atomic E-state index is 12.0. The Morgan fingerprint density at radius 3 is 2.43 bits per heavy atom. The van der Waals surface area contributed by atoms with Gasteiger partial charge in [-0.25, -0.2) is 4.79 Å². The standard InChI is InChI=1S/C17H23N5O5S3/c1-5-13(21(2)3)22(15(18)26)16-19-20-17(30-16)29-12-7-9(23)11(6-10(12)24)28-8-14(25)27-4/h6-7,13,23-24H,5,8H2,1-4H3,(H2,18,26). The van der Waals surface area contributed by atoms with Gasteiger partial charge in [0.05, 0.1) is 28.8 Å². The molecule has 1 atom stereocenters. The molecular formula is C17H23N5O5S3. The van der Waals surface area contributed by atoms with Crippen molar-refractivity contribution in [2.75, 3.05) is 31.9 Å². The fourth-order valence-corrected chi connectivity index (χ4v) is 5.20. The normalized spacial score (nSPS) is 12.0. The fraction of sp³-hybridized carbons (Fsp3) is 0.412. The van der Waals surface area contributed by atoms with Crippen molar-refractivity contribution in [3.05, 3.63) is 12.1 Å². The number of amides is 2. The number of aromatic nitrogens is 2. The first-order valence-electron chi connectivity index (χ1n) is 8.69. The van der Waals surface area contributed by atoms with E-state index in [0.29, 0.717) is 25.7 Å². The third-order valence-electron chi connectivity index (χ3n) is 3.91. The van der Waals surface area contributed by atoms with E-state index in [4.69, 9.17) is 5.73 Å². The quantitative estimate of drug-likeness (QED) is 0.163. The van der Waals surface area contributed by atoms with Gasteiger partial charge in [0.1, 0.15) is 11.5 Å². The van der Waals surface area contributed by atoms with Crippen LogP contribution in [0.15, 0.2) is 26.3 Å². The Morgan fingerprint density at radius 1 is 1.23 bits per heavy atom. The molecule has 1 unspecified atom stereocenters. The van der Waals surface area contributed by atoms with Crippen molar-refractivity contribution in [2.24, 2.45) is 5.73 Å². The number of nitrogens with two attached hydrogens (primary N) is 1. The second kappa shape index (κ2) is 10.7. The van der Waals surface area contributed by atoms with Crippen LogP contribution in [0, 0.1) is 0 Å². The fourth-order valence-electron chi connectivity index (χ4n) is 2.51. The third kappa shape index (κ3) is 5.90. The van der Waals surface area contributed by atoms with Gasteiger partial charge in [-0.3, -0.25) is 14.6 Å². The lowest BCUT2D eigenvalue weighted by Gasteiger charge is -2.31. The molecule has 0 radical (unpaired) electrons.